The van der Waals surface area contributed by atoms with Crippen LogP contribution < -0.4 is 0 Å². The van der Waals surface area contributed by atoms with Crippen molar-refractivity contribution in [2.24, 2.45) is 0 Å². The van der Waals surface area contributed by atoms with Gasteiger partial charge in [-0.25, -0.2) is 9.59 Å². The molecule has 0 unspecified atom stereocenters. The van der Waals surface area contributed by atoms with Gasteiger partial charge in [-0.3, -0.25) is 0 Å². The van der Waals surface area contributed by atoms with Gasteiger partial charge < -0.3 is 18.3 Å². The van der Waals surface area contributed by atoms with Gasteiger partial charge in [0.05, 0.1) is 23.3 Å². The quantitative estimate of drug-likeness (QED) is 0.128. The van der Waals surface area contributed by atoms with Gasteiger partial charge in [0.1, 0.15) is 13.2 Å². The summed E-state index contributed by atoms with van der Waals surface area (Å²) >= 11 is 0. The number of hydrogen-bond donors (Lipinski definition) is 0. The maximum atomic E-state index is 12.5. The van der Waals surface area contributed by atoms with E-state index >= 15 is 0 Å². The predicted octanol–water partition coefficient (Wildman–Crippen LogP) is 8.59. The normalized spacial score (nSPS) is 14.6. The Bertz CT molecular complexity index is 1100. The highest BCUT2D eigenvalue weighted by molar-refractivity contribution is 6.74. The lowest BCUT2D eigenvalue weighted by Crippen LogP contribution is -2.51. The Balaban J connectivity index is 2.32. The zero-order valence-electron chi connectivity index (χ0n) is 27.1. The number of rotatable bonds is 13. The van der Waals surface area contributed by atoms with Gasteiger partial charge in [0.2, 0.25) is 0 Å². The SMILES string of the molecule is CC(C)(C)[Si](C)(C)O[C@@H](/C=C\COC(=O)c1ccccc1)[C@H](/C=C\COC(=O)c1ccccc1)O[Si](C)(C)C(C)(C)C. The zero-order valence-corrected chi connectivity index (χ0v) is 29.1. The summed E-state index contributed by atoms with van der Waals surface area (Å²) in [6.07, 6.45) is 6.66. The molecule has 8 heteroatoms. The summed E-state index contributed by atoms with van der Waals surface area (Å²) in [7, 11) is -4.48. The van der Waals surface area contributed by atoms with Crippen molar-refractivity contribution in [1.82, 2.24) is 0 Å². The second-order valence-electron chi connectivity index (χ2n) is 13.5. The van der Waals surface area contributed by atoms with Crippen molar-refractivity contribution in [2.45, 2.75) is 90.0 Å². The third-order valence-corrected chi connectivity index (χ3v) is 17.0. The van der Waals surface area contributed by atoms with Gasteiger partial charge in [-0.1, -0.05) is 90.1 Å². The smallest absolute Gasteiger partial charge is 0.338 e. The Hall–Kier alpha value is -2.79. The lowest BCUT2D eigenvalue weighted by atomic mass is 10.2. The molecule has 230 valence electrons. The molecule has 2 atom stereocenters. The van der Waals surface area contributed by atoms with Crippen LogP contribution in [0.15, 0.2) is 85.0 Å². The minimum atomic E-state index is -2.24. The van der Waals surface area contributed by atoms with Crippen molar-refractivity contribution in [1.29, 1.82) is 0 Å². The largest absolute Gasteiger partial charge is 0.458 e. The van der Waals surface area contributed by atoms with Gasteiger partial charge in [-0.15, -0.1) is 0 Å². The standard InChI is InChI=1S/C34H50O6Si2/c1-33(2,3)41(7,8)39-29(23-17-25-37-31(35)27-19-13-11-14-20-27)30(40-42(9,10)34(4,5)6)24-18-26-38-32(36)28-21-15-12-16-22-28/h11-24,29-30H,25-26H2,1-10H3/b23-17-,24-18-/t29-,30-/m0/s1. The van der Waals surface area contributed by atoms with Gasteiger partial charge in [0.25, 0.3) is 0 Å². The highest BCUT2D eigenvalue weighted by Gasteiger charge is 2.43. The molecule has 0 aromatic heterocycles. The average molecular weight is 611 g/mol. The molecule has 0 N–H and O–H groups in total. The minimum absolute atomic E-state index is 0.0324. The first-order chi connectivity index (χ1) is 19.4. The number of carbonyl (C=O) groups excluding carboxylic acids is 2. The molecule has 6 nitrogen and oxygen atoms in total. The van der Waals surface area contributed by atoms with E-state index in [4.69, 9.17) is 18.3 Å². The summed E-state index contributed by atoms with van der Waals surface area (Å²) in [6, 6.07) is 17.9. The fourth-order valence-corrected chi connectivity index (χ4v) is 5.90. The van der Waals surface area contributed by atoms with E-state index in [-0.39, 0.29) is 35.2 Å². The van der Waals surface area contributed by atoms with Crippen LogP contribution in [0.3, 0.4) is 0 Å². The van der Waals surface area contributed by atoms with E-state index in [0.717, 1.165) is 0 Å². The van der Waals surface area contributed by atoms with Crippen LogP contribution in [0.25, 0.3) is 0 Å². The Morgan fingerprint density at radius 2 is 0.929 bits per heavy atom. The Kier molecular flexibility index (Phi) is 12.7. The molecular formula is C34H50O6Si2. The molecule has 0 heterocycles. The fraction of sp³-hybridized carbons (Fsp3) is 0.471. The summed E-state index contributed by atoms with van der Waals surface area (Å²) in [5, 5.41) is -0.0648. The molecule has 42 heavy (non-hydrogen) atoms. The van der Waals surface area contributed by atoms with Crippen LogP contribution >= 0.6 is 0 Å². The predicted molar refractivity (Wildman–Crippen MR) is 176 cm³/mol. The van der Waals surface area contributed by atoms with E-state index in [2.05, 4.69) is 67.7 Å². The molecule has 0 spiro atoms. The van der Waals surface area contributed by atoms with Crippen molar-refractivity contribution < 1.29 is 27.9 Å². The van der Waals surface area contributed by atoms with Crippen LogP contribution in [-0.2, 0) is 18.3 Å². The molecule has 0 bridgehead atoms. The second-order valence-corrected chi connectivity index (χ2v) is 23.0. The second kappa shape index (κ2) is 15.1. The van der Waals surface area contributed by atoms with Crippen LogP contribution in [0, 0.1) is 0 Å². The summed E-state index contributed by atoms with van der Waals surface area (Å²) < 4.78 is 24.8. The fourth-order valence-electron chi connectivity index (χ4n) is 3.41. The molecule has 0 saturated carbocycles. The summed E-state index contributed by atoms with van der Waals surface area (Å²) in [4.78, 5) is 24.9. The molecule has 2 aromatic rings. The van der Waals surface area contributed by atoms with Crippen LogP contribution in [0.4, 0.5) is 0 Å². The van der Waals surface area contributed by atoms with Gasteiger partial charge in [0, 0.05) is 0 Å². The molecule has 0 aliphatic rings. The molecule has 0 fully saturated rings. The first-order valence-electron chi connectivity index (χ1n) is 14.6. The lowest BCUT2D eigenvalue weighted by molar-refractivity contribution is 0.0534. The van der Waals surface area contributed by atoms with E-state index in [1.807, 2.05) is 60.7 Å². The van der Waals surface area contributed by atoms with Crippen molar-refractivity contribution in [3.63, 3.8) is 0 Å². The highest BCUT2D eigenvalue weighted by atomic mass is 28.4. The molecule has 2 rings (SSSR count). The van der Waals surface area contributed by atoms with Crippen LogP contribution in [0.1, 0.15) is 62.3 Å². The number of hydrogen-bond acceptors (Lipinski definition) is 6. The van der Waals surface area contributed by atoms with Crippen molar-refractivity contribution in [3.8, 4) is 0 Å². The molecule has 2 aromatic carbocycles. The van der Waals surface area contributed by atoms with Crippen molar-refractivity contribution in [3.05, 3.63) is 96.1 Å². The monoisotopic (exact) mass is 610 g/mol. The van der Waals surface area contributed by atoms with Crippen molar-refractivity contribution >= 4 is 28.6 Å². The first kappa shape index (κ1) is 35.4. The lowest BCUT2D eigenvalue weighted by Gasteiger charge is -2.43. The number of carbonyl (C=O) groups is 2. The van der Waals surface area contributed by atoms with Crippen LogP contribution in [-0.4, -0.2) is 54.0 Å². The third-order valence-electron chi connectivity index (χ3n) is 8.09. The maximum Gasteiger partial charge on any atom is 0.338 e. The van der Waals surface area contributed by atoms with E-state index in [1.54, 1.807) is 24.3 Å². The molecule has 0 aliphatic heterocycles. The Morgan fingerprint density at radius 1 is 0.619 bits per heavy atom. The Morgan fingerprint density at radius 3 is 1.21 bits per heavy atom. The summed E-state index contributed by atoms with van der Waals surface area (Å²) in [5.74, 6) is -0.757. The van der Waals surface area contributed by atoms with Crippen LogP contribution in [0.2, 0.25) is 36.3 Å². The van der Waals surface area contributed by atoms with E-state index in [9.17, 15) is 9.59 Å². The average Bonchev–Trinajstić information content (AvgIpc) is 2.91. The molecule has 0 radical (unpaired) electrons. The van der Waals surface area contributed by atoms with Gasteiger partial charge in [-0.2, -0.15) is 0 Å². The van der Waals surface area contributed by atoms with E-state index < -0.39 is 28.8 Å². The third kappa shape index (κ3) is 10.8. The topological polar surface area (TPSA) is 71.1 Å². The van der Waals surface area contributed by atoms with Crippen LogP contribution in [0.5, 0.6) is 0 Å². The first-order valence-corrected chi connectivity index (χ1v) is 20.4. The van der Waals surface area contributed by atoms with E-state index in [0.29, 0.717) is 11.1 Å². The van der Waals surface area contributed by atoms with Gasteiger partial charge >= 0.3 is 11.9 Å². The molecular weight excluding hydrogens is 561 g/mol. The molecule has 0 amide bonds. The summed E-state index contributed by atoms with van der Waals surface area (Å²) in [5.41, 5.74) is 1.01. The zero-order chi connectivity index (χ0) is 31.6. The maximum absolute atomic E-state index is 12.5. The molecule has 0 aliphatic carbocycles. The molecule has 0 saturated heterocycles. The minimum Gasteiger partial charge on any atom is -0.458 e. The number of benzene rings is 2. The number of ether oxygens (including phenoxy) is 2. The van der Waals surface area contributed by atoms with Crippen molar-refractivity contribution in [2.75, 3.05) is 13.2 Å². The Labute approximate surface area is 255 Å². The highest BCUT2D eigenvalue weighted by Crippen LogP contribution is 2.40. The van der Waals surface area contributed by atoms with Gasteiger partial charge in [-0.05, 0) is 72.7 Å². The summed E-state index contributed by atoms with van der Waals surface area (Å²) in [6.45, 7) is 22.2. The number of esters is 2. The van der Waals surface area contributed by atoms with Gasteiger partial charge in [0.15, 0.2) is 16.6 Å². The van der Waals surface area contributed by atoms with E-state index in [1.165, 1.54) is 0 Å².